The molecule has 5 heteroatoms. The smallest absolute Gasteiger partial charge is 0.259 e. The largest absolute Gasteiger partial charge is 0.384 e. The third kappa shape index (κ3) is 3.50. The maximum absolute atomic E-state index is 12.2. The fraction of sp³-hybridized carbons (Fsp3) is 0.250. The van der Waals surface area contributed by atoms with Gasteiger partial charge in [0.2, 0.25) is 0 Å². The minimum atomic E-state index is -0.186. The molecule has 2 rings (SSSR count). The quantitative estimate of drug-likeness (QED) is 0.823. The Labute approximate surface area is 123 Å². The van der Waals surface area contributed by atoms with Crippen molar-refractivity contribution in [1.82, 2.24) is 9.78 Å². The zero-order chi connectivity index (χ0) is 15.4. The van der Waals surface area contributed by atoms with Crippen LogP contribution in [0.5, 0.6) is 0 Å². The average Bonchev–Trinajstić information content (AvgIpc) is 2.77. The molecule has 0 unspecified atom stereocenters. The second-order valence-electron chi connectivity index (χ2n) is 4.75. The summed E-state index contributed by atoms with van der Waals surface area (Å²) in [6.45, 7) is 3.54. The van der Waals surface area contributed by atoms with Crippen LogP contribution < -0.4 is 5.32 Å². The molecule has 0 bridgehead atoms. The van der Waals surface area contributed by atoms with Gasteiger partial charge in [0.25, 0.3) is 5.91 Å². The predicted molar refractivity (Wildman–Crippen MR) is 81.0 cm³/mol. The Morgan fingerprint density at radius 2 is 2.19 bits per heavy atom. The van der Waals surface area contributed by atoms with Gasteiger partial charge in [-0.1, -0.05) is 11.8 Å². The van der Waals surface area contributed by atoms with Gasteiger partial charge >= 0.3 is 0 Å². The summed E-state index contributed by atoms with van der Waals surface area (Å²) in [4.78, 5) is 12.2. The minimum Gasteiger partial charge on any atom is -0.384 e. The van der Waals surface area contributed by atoms with Crippen LogP contribution in [-0.2, 0) is 7.05 Å². The summed E-state index contributed by atoms with van der Waals surface area (Å²) in [6, 6.07) is 5.46. The summed E-state index contributed by atoms with van der Waals surface area (Å²) in [7, 11) is 1.78. The molecular weight excluding hydrogens is 266 g/mol. The van der Waals surface area contributed by atoms with Crippen LogP contribution in [0, 0.1) is 25.7 Å². The Bertz CT molecular complexity index is 736. The van der Waals surface area contributed by atoms with Crippen LogP contribution >= 0.6 is 0 Å². The van der Waals surface area contributed by atoms with E-state index in [4.69, 9.17) is 5.11 Å². The van der Waals surface area contributed by atoms with Gasteiger partial charge in [-0.3, -0.25) is 9.48 Å². The van der Waals surface area contributed by atoms with E-state index in [1.165, 1.54) is 0 Å². The Hall–Kier alpha value is -2.58. The van der Waals surface area contributed by atoms with Crippen molar-refractivity contribution in [2.24, 2.45) is 7.05 Å². The van der Waals surface area contributed by atoms with Crippen molar-refractivity contribution in [3.63, 3.8) is 0 Å². The lowest BCUT2D eigenvalue weighted by Crippen LogP contribution is -2.12. The van der Waals surface area contributed by atoms with E-state index in [-0.39, 0.29) is 12.5 Å². The minimum absolute atomic E-state index is 0.168. The SMILES string of the molecule is Cc1cc(NC(=O)c2cn(C)nc2C)ccc1C#CCO. The van der Waals surface area contributed by atoms with Crippen molar-refractivity contribution in [1.29, 1.82) is 0 Å². The number of benzene rings is 1. The third-order valence-corrected chi connectivity index (χ3v) is 3.04. The molecule has 1 amide bonds. The van der Waals surface area contributed by atoms with Gasteiger partial charge < -0.3 is 10.4 Å². The molecular formula is C16H17N3O2. The molecule has 2 N–H and O–H groups in total. The molecule has 0 saturated carbocycles. The molecule has 0 atom stereocenters. The van der Waals surface area contributed by atoms with Gasteiger partial charge in [-0.2, -0.15) is 5.10 Å². The predicted octanol–water partition coefficient (Wildman–Crippen LogP) is 1.63. The van der Waals surface area contributed by atoms with Gasteiger partial charge in [0.15, 0.2) is 0 Å². The number of aliphatic hydroxyl groups is 1. The van der Waals surface area contributed by atoms with Crippen LogP contribution in [0.1, 0.15) is 27.2 Å². The fourth-order valence-corrected chi connectivity index (χ4v) is 2.04. The molecule has 0 radical (unpaired) electrons. The van der Waals surface area contributed by atoms with Gasteiger partial charge in [-0.05, 0) is 37.6 Å². The summed E-state index contributed by atoms with van der Waals surface area (Å²) in [5, 5.41) is 15.7. The van der Waals surface area contributed by atoms with E-state index in [0.717, 1.165) is 11.1 Å². The van der Waals surface area contributed by atoms with Gasteiger partial charge in [0.1, 0.15) is 6.61 Å². The molecule has 0 fully saturated rings. The topological polar surface area (TPSA) is 67.2 Å². The lowest BCUT2D eigenvalue weighted by atomic mass is 10.1. The fourth-order valence-electron chi connectivity index (χ4n) is 2.04. The molecule has 1 aromatic heterocycles. The highest BCUT2D eigenvalue weighted by Crippen LogP contribution is 2.16. The number of carbonyl (C=O) groups excluding carboxylic acids is 1. The summed E-state index contributed by atoms with van der Waals surface area (Å²) >= 11 is 0. The average molecular weight is 283 g/mol. The Morgan fingerprint density at radius 1 is 1.43 bits per heavy atom. The molecule has 0 spiro atoms. The number of hydrogen-bond acceptors (Lipinski definition) is 3. The van der Waals surface area contributed by atoms with Crippen LogP contribution in [0.15, 0.2) is 24.4 Å². The summed E-state index contributed by atoms with van der Waals surface area (Å²) in [5.41, 5.74) is 3.73. The van der Waals surface area contributed by atoms with Crippen molar-refractivity contribution in [3.8, 4) is 11.8 Å². The van der Waals surface area contributed by atoms with Crippen LogP contribution in [0.4, 0.5) is 5.69 Å². The summed E-state index contributed by atoms with van der Waals surface area (Å²) in [5.74, 6) is 5.28. The van der Waals surface area contributed by atoms with E-state index in [9.17, 15) is 4.79 Å². The summed E-state index contributed by atoms with van der Waals surface area (Å²) in [6.07, 6.45) is 1.69. The molecule has 1 aromatic carbocycles. The lowest BCUT2D eigenvalue weighted by molar-refractivity contribution is 0.102. The van der Waals surface area contributed by atoms with Gasteiger partial charge in [-0.15, -0.1) is 0 Å². The zero-order valence-corrected chi connectivity index (χ0v) is 12.3. The Balaban J connectivity index is 2.18. The molecule has 2 aromatic rings. The highest BCUT2D eigenvalue weighted by molar-refractivity contribution is 6.04. The van der Waals surface area contributed by atoms with E-state index in [0.29, 0.717) is 16.9 Å². The standard InChI is InChI=1S/C16H17N3O2/c1-11-9-14(7-6-13(11)5-4-8-20)17-16(21)15-10-19(3)18-12(15)2/h6-7,9-10,20H,8H2,1-3H3,(H,17,21). The van der Waals surface area contributed by atoms with Crippen LogP contribution in [0.2, 0.25) is 0 Å². The highest BCUT2D eigenvalue weighted by atomic mass is 16.2. The number of hydrogen-bond donors (Lipinski definition) is 2. The molecule has 1 heterocycles. The second kappa shape index (κ2) is 6.25. The van der Waals surface area contributed by atoms with E-state index in [2.05, 4.69) is 22.3 Å². The number of aliphatic hydroxyl groups excluding tert-OH is 1. The Morgan fingerprint density at radius 3 is 2.76 bits per heavy atom. The summed E-state index contributed by atoms with van der Waals surface area (Å²) < 4.78 is 1.61. The van der Waals surface area contributed by atoms with Gasteiger partial charge in [0, 0.05) is 24.5 Å². The first-order valence-corrected chi connectivity index (χ1v) is 6.53. The van der Waals surface area contributed by atoms with Crippen LogP contribution in [0.3, 0.4) is 0 Å². The first kappa shape index (κ1) is 14.8. The van der Waals surface area contributed by atoms with E-state index < -0.39 is 0 Å². The van der Waals surface area contributed by atoms with Crippen molar-refractivity contribution < 1.29 is 9.90 Å². The zero-order valence-electron chi connectivity index (χ0n) is 12.3. The van der Waals surface area contributed by atoms with Gasteiger partial charge in [0.05, 0.1) is 11.3 Å². The number of nitrogens with zero attached hydrogens (tertiary/aromatic N) is 2. The molecule has 5 nitrogen and oxygen atoms in total. The van der Waals surface area contributed by atoms with Crippen molar-refractivity contribution in [2.45, 2.75) is 13.8 Å². The molecule has 0 aliphatic rings. The molecule has 21 heavy (non-hydrogen) atoms. The maximum atomic E-state index is 12.2. The van der Waals surface area contributed by atoms with E-state index >= 15 is 0 Å². The van der Waals surface area contributed by atoms with Crippen molar-refractivity contribution in [3.05, 3.63) is 46.8 Å². The number of rotatable bonds is 2. The van der Waals surface area contributed by atoms with E-state index in [1.807, 2.05) is 19.1 Å². The van der Waals surface area contributed by atoms with Crippen molar-refractivity contribution >= 4 is 11.6 Å². The number of nitrogens with one attached hydrogen (secondary N) is 1. The first-order chi connectivity index (χ1) is 10.0. The monoisotopic (exact) mass is 283 g/mol. The normalized spacial score (nSPS) is 9.90. The lowest BCUT2D eigenvalue weighted by Gasteiger charge is -2.06. The molecule has 0 aliphatic carbocycles. The number of aryl methyl sites for hydroxylation is 3. The second-order valence-corrected chi connectivity index (χ2v) is 4.75. The maximum Gasteiger partial charge on any atom is 0.259 e. The van der Waals surface area contributed by atoms with Gasteiger partial charge in [-0.25, -0.2) is 0 Å². The number of amides is 1. The highest BCUT2D eigenvalue weighted by Gasteiger charge is 2.12. The number of anilines is 1. The number of aromatic nitrogens is 2. The van der Waals surface area contributed by atoms with Crippen LogP contribution in [0.25, 0.3) is 0 Å². The first-order valence-electron chi connectivity index (χ1n) is 6.53. The van der Waals surface area contributed by atoms with Crippen LogP contribution in [-0.4, -0.2) is 27.4 Å². The number of carbonyl (C=O) groups is 1. The molecule has 108 valence electrons. The molecule has 0 aliphatic heterocycles. The van der Waals surface area contributed by atoms with E-state index in [1.54, 1.807) is 30.9 Å². The van der Waals surface area contributed by atoms with Crippen molar-refractivity contribution in [2.75, 3.05) is 11.9 Å². The third-order valence-electron chi connectivity index (χ3n) is 3.04. The Kier molecular flexibility index (Phi) is 4.41. The molecule has 0 saturated heterocycles.